The number of alkyl halides is 1. The highest BCUT2D eigenvalue weighted by molar-refractivity contribution is 14.1. The lowest BCUT2D eigenvalue weighted by Gasteiger charge is -2.26. The summed E-state index contributed by atoms with van der Waals surface area (Å²) in [7, 11) is 0. The third kappa shape index (κ3) is 3.14. The van der Waals surface area contributed by atoms with E-state index in [9.17, 15) is 9.18 Å². The van der Waals surface area contributed by atoms with Gasteiger partial charge >= 0.3 is 0 Å². The number of carbonyl (C=O) groups excluding carboxylic acids is 1. The van der Waals surface area contributed by atoms with E-state index in [0.717, 1.165) is 23.8 Å². The van der Waals surface area contributed by atoms with Gasteiger partial charge in [0.25, 0.3) is 0 Å². The Morgan fingerprint density at radius 3 is 2.84 bits per heavy atom. The molecule has 1 heterocycles. The molecule has 1 unspecified atom stereocenters. The van der Waals surface area contributed by atoms with Gasteiger partial charge in [0, 0.05) is 22.0 Å². The molecule has 0 amide bonds. The van der Waals surface area contributed by atoms with Crippen LogP contribution in [0, 0.1) is 11.2 Å². The molecule has 1 fully saturated rings. The molecule has 0 aliphatic carbocycles. The Morgan fingerprint density at radius 2 is 2.32 bits per heavy atom. The van der Waals surface area contributed by atoms with Crippen molar-refractivity contribution in [1.29, 1.82) is 0 Å². The van der Waals surface area contributed by atoms with Crippen LogP contribution in [0.15, 0.2) is 16.6 Å². The highest BCUT2D eigenvalue weighted by Gasteiger charge is 2.41. The molecule has 104 valence electrons. The first-order chi connectivity index (χ1) is 9.00. The summed E-state index contributed by atoms with van der Waals surface area (Å²) in [6.07, 6.45) is 1.60. The van der Waals surface area contributed by atoms with Crippen molar-refractivity contribution in [3.63, 3.8) is 0 Å². The second-order valence-corrected chi connectivity index (χ2v) is 7.01. The predicted molar refractivity (Wildman–Crippen MR) is 86.9 cm³/mol. The van der Waals surface area contributed by atoms with E-state index in [1.807, 2.05) is 0 Å². The number of ketones is 1. The molecule has 0 aromatic heterocycles. The van der Waals surface area contributed by atoms with E-state index in [-0.39, 0.29) is 15.3 Å². The topological polar surface area (TPSA) is 29.1 Å². The van der Waals surface area contributed by atoms with Gasteiger partial charge in [0.2, 0.25) is 0 Å². The largest absolute Gasteiger partial charge is 0.316 e. The van der Waals surface area contributed by atoms with Gasteiger partial charge in [-0.15, -0.1) is 0 Å². The maximum Gasteiger partial charge on any atom is 0.170 e. The highest BCUT2D eigenvalue weighted by atomic mass is 127. The molecule has 1 saturated heterocycles. The maximum atomic E-state index is 13.7. The van der Waals surface area contributed by atoms with Crippen LogP contribution < -0.4 is 5.32 Å². The standard InChI is InChI=1S/C13H13BrClFINO/c14-11-9(15)5-8(6-10(11)16)12(19)13(1-3-17)2-4-18-7-13/h5-6,18H,1-4,7H2. The summed E-state index contributed by atoms with van der Waals surface area (Å²) >= 11 is 11.3. The quantitative estimate of drug-likeness (QED) is 0.315. The van der Waals surface area contributed by atoms with Gasteiger partial charge in [-0.2, -0.15) is 0 Å². The van der Waals surface area contributed by atoms with Crippen LogP contribution in [-0.4, -0.2) is 23.3 Å². The van der Waals surface area contributed by atoms with Gasteiger partial charge in [-0.3, -0.25) is 4.79 Å². The van der Waals surface area contributed by atoms with E-state index in [1.54, 1.807) is 6.07 Å². The highest BCUT2D eigenvalue weighted by Crippen LogP contribution is 2.36. The van der Waals surface area contributed by atoms with Crippen LogP contribution in [-0.2, 0) is 0 Å². The summed E-state index contributed by atoms with van der Waals surface area (Å²) < 4.78 is 14.8. The van der Waals surface area contributed by atoms with Gasteiger partial charge in [0.05, 0.1) is 9.50 Å². The molecule has 1 aromatic carbocycles. The second-order valence-electron chi connectivity index (χ2n) is 4.73. The zero-order chi connectivity index (χ0) is 14.0. The van der Waals surface area contributed by atoms with Crippen LogP contribution in [0.25, 0.3) is 0 Å². The van der Waals surface area contributed by atoms with Crippen molar-refractivity contribution in [3.8, 4) is 0 Å². The second kappa shape index (κ2) is 6.37. The van der Waals surface area contributed by atoms with Crippen LogP contribution in [0.3, 0.4) is 0 Å². The number of hydrogen-bond donors (Lipinski definition) is 1. The molecule has 0 bridgehead atoms. The van der Waals surface area contributed by atoms with Crippen LogP contribution in [0.4, 0.5) is 4.39 Å². The number of carbonyl (C=O) groups is 1. The fraction of sp³-hybridized carbons (Fsp3) is 0.462. The van der Waals surface area contributed by atoms with Crippen molar-refractivity contribution in [2.75, 3.05) is 17.5 Å². The van der Waals surface area contributed by atoms with Crippen LogP contribution in [0.1, 0.15) is 23.2 Å². The zero-order valence-electron chi connectivity index (χ0n) is 10.1. The van der Waals surface area contributed by atoms with Crippen molar-refractivity contribution in [2.24, 2.45) is 5.41 Å². The van der Waals surface area contributed by atoms with Crippen molar-refractivity contribution in [1.82, 2.24) is 5.32 Å². The van der Waals surface area contributed by atoms with Crippen molar-refractivity contribution < 1.29 is 9.18 Å². The maximum absolute atomic E-state index is 13.7. The van der Waals surface area contributed by atoms with Gasteiger partial charge in [-0.1, -0.05) is 34.2 Å². The molecule has 1 aliphatic heterocycles. The Balaban J connectivity index is 2.37. The Hall–Kier alpha value is 0.280. The molecule has 19 heavy (non-hydrogen) atoms. The van der Waals surface area contributed by atoms with E-state index < -0.39 is 11.2 Å². The lowest BCUT2D eigenvalue weighted by molar-refractivity contribution is 0.0812. The number of rotatable bonds is 4. The summed E-state index contributed by atoms with van der Waals surface area (Å²) in [5.74, 6) is -0.506. The predicted octanol–water partition coefficient (Wildman–Crippen LogP) is 4.23. The van der Waals surface area contributed by atoms with Crippen molar-refractivity contribution in [2.45, 2.75) is 12.8 Å². The first kappa shape index (κ1) is 15.7. The first-order valence-corrected chi connectivity index (χ1v) is 8.66. The van der Waals surface area contributed by atoms with E-state index in [4.69, 9.17) is 11.6 Å². The minimum absolute atomic E-state index is 0.0116. The van der Waals surface area contributed by atoms with E-state index in [1.165, 1.54) is 6.07 Å². The molecule has 6 heteroatoms. The minimum Gasteiger partial charge on any atom is -0.316 e. The molecule has 0 spiro atoms. The van der Waals surface area contributed by atoms with Gasteiger partial charge in [0.15, 0.2) is 5.78 Å². The van der Waals surface area contributed by atoms with Gasteiger partial charge in [-0.25, -0.2) is 4.39 Å². The normalized spacial score (nSPS) is 22.7. The Morgan fingerprint density at radius 1 is 1.58 bits per heavy atom. The molecular weight excluding hydrogens is 447 g/mol. The van der Waals surface area contributed by atoms with Crippen molar-refractivity contribution >= 4 is 55.9 Å². The summed E-state index contributed by atoms with van der Waals surface area (Å²) in [6.45, 7) is 1.49. The van der Waals surface area contributed by atoms with E-state index >= 15 is 0 Å². The lowest BCUT2D eigenvalue weighted by atomic mass is 9.77. The summed E-state index contributed by atoms with van der Waals surface area (Å²) in [5, 5.41) is 3.46. The van der Waals surface area contributed by atoms with Crippen LogP contribution in [0.5, 0.6) is 0 Å². The van der Waals surface area contributed by atoms with E-state index in [0.29, 0.717) is 12.1 Å². The fourth-order valence-corrected chi connectivity index (χ4v) is 3.91. The fourth-order valence-electron chi connectivity index (χ4n) is 2.44. The third-order valence-electron chi connectivity index (χ3n) is 3.54. The SMILES string of the molecule is O=C(c1cc(F)c(Br)c(Cl)c1)C1(CCI)CCNC1. The van der Waals surface area contributed by atoms with Crippen LogP contribution in [0.2, 0.25) is 5.02 Å². The van der Waals surface area contributed by atoms with Crippen LogP contribution >= 0.6 is 50.1 Å². The third-order valence-corrected chi connectivity index (χ3v) is 5.42. The zero-order valence-corrected chi connectivity index (χ0v) is 14.6. The van der Waals surface area contributed by atoms with Crippen molar-refractivity contribution in [3.05, 3.63) is 33.0 Å². The summed E-state index contributed by atoms with van der Waals surface area (Å²) in [6, 6.07) is 2.82. The van der Waals surface area contributed by atoms with Gasteiger partial charge < -0.3 is 5.32 Å². The molecular formula is C13H13BrClFINO. The molecule has 0 saturated carbocycles. The molecule has 1 aliphatic rings. The van der Waals surface area contributed by atoms with Gasteiger partial charge in [0.1, 0.15) is 5.82 Å². The van der Waals surface area contributed by atoms with Gasteiger partial charge in [-0.05, 0) is 47.4 Å². The minimum atomic E-state index is -0.494. The molecule has 1 aromatic rings. The molecule has 1 N–H and O–H groups in total. The number of Topliss-reactive ketones (excluding diaryl/α,β-unsaturated/α-hetero) is 1. The number of nitrogens with one attached hydrogen (secondary N) is 1. The molecule has 2 rings (SSSR count). The lowest BCUT2D eigenvalue weighted by Crippen LogP contribution is -2.34. The monoisotopic (exact) mass is 459 g/mol. The summed E-state index contributed by atoms with van der Waals surface area (Å²) in [5.41, 5.74) is -0.0515. The molecule has 2 nitrogen and oxygen atoms in total. The van der Waals surface area contributed by atoms with E-state index in [2.05, 4.69) is 43.8 Å². The number of benzene rings is 1. The average molecular weight is 461 g/mol. The smallest absolute Gasteiger partial charge is 0.170 e. The number of halogens is 4. The number of hydrogen-bond acceptors (Lipinski definition) is 2. The summed E-state index contributed by atoms with van der Waals surface area (Å²) in [4.78, 5) is 12.7. The molecule has 0 radical (unpaired) electrons. The Kier molecular flexibility index (Phi) is 5.25. The first-order valence-electron chi connectivity index (χ1n) is 5.96. The Bertz CT molecular complexity index is 482. The average Bonchev–Trinajstić information content (AvgIpc) is 2.84. The Labute approximate surface area is 138 Å². The molecule has 1 atom stereocenters.